The fourth-order valence-electron chi connectivity index (χ4n) is 1.68. The SMILES string of the molecule is CCS(=O)(=O)c1cccc(Oc2ccc(CCl)cc2)c1. The molecule has 5 heteroatoms. The van der Waals surface area contributed by atoms with E-state index in [-0.39, 0.29) is 10.6 Å². The summed E-state index contributed by atoms with van der Waals surface area (Å²) in [5.41, 5.74) is 1.00. The Kier molecular flexibility index (Phi) is 4.68. The number of rotatable bonds is 5. The number of alkyl halides is 1. The number of sulfone groups is 1. The van der Waals surface area contributed by atoms with Crippen LogP contribution >= 0.6 is 11.6 Å². The molecular formula is C15H15ClO3S. The average Bonchev–Trinajstić information content (AvgIpc) is 2.48. The lowest BCUT2D eigenvalue weighted by Gasteiger charge is -2.08. The van der Waals surface area contributed by atoms with Gasteiger partial charge in [-0.25, -0.2) is 8.42 Å². The topological polar surface area (TPSA) is 43.4 Å². The molecule has 0 saturated heterocycles. The largest absolute Gasteiger partial charge is 0.457 e. The van der Waals surface area contributed by atoms with Gasteiger partial charge in [-0.05, 0) is 35.9 Å². The minimum absolute atomic E-state index is 0.0703. The molecule has 0 amide bonds. The van der Waals surface area contributed by atoms with Crippen molar-refractivity contribution in [1.82, 2.24) is 0 Å². The summed E-state index contributed by atoms with van der Waals surface area (Å²) in [6, 6.07) is 13.9. The number of hydrogen-bond donors (Lipinski definition) is 0. The Labute approximate surface area is 124 Å². The van der Waals surface area contributed by atoms with Gasteiger partial charge in [-0.2, -0.15) is 0 Å². The lowest BCUT2D eigenvalue weighted by atomic mass is 10.2. The van der Waals surface area contributed by atoms with Gasteiger partial charge in [-0.1, -0.05) is 25.1 Å². The second kappa shape index (κ2) is 6.29. The highest BCUT2D eigenvalue weighted by Gasteiger charge is 2.12. The second-order valence-corrected chi connectivity index (χ2v) is 6.80. The Morgan fingerprint density at radius 1 is 1.05 bits per heavy atom. The van der Waals surface area contributed by atoms with E-state index in [0.717, 1.165) is 5.56 Å². The Hall–Kier alpha value is -1.52. The number of halogens is 1. The number of ether oxygens (including phenoxy) is 1. The fourth-order valence-corrected chi connectivity index (χ4v) is 2.77. The van der Waals surface area contributed by atoms with Crippen LogP contribution < -0.4 is 4.74 Å². The van der Waals surface area contributed by atoms with Crippen molar-refractivity contribution in [1.29, 1.82) is 0 Å². The zero-order valence-electron chi connectivity index (χ0n) is 11.0. The smallest absolute Gasteiger partial charge is 0.178 e. The van der Waals surface area contributed by atoms with Crippen LogP contribution in [0.3, 0.4) is 0 Å². The molecule has 2 aromatic rings. The Morgan fingerprint density at radius 3 is 2.35 bits per heavy atom. The molecule has 0 aromatic heterocycles. The van der Waals surface area contributed by atoms with Crippen molar-refractivity contribution in [2.24, 2.45) is 0 Å². The predicted octanol–water partition coefficient (Wildman–Crippen LogP) is 4.01. The summed E-state index contributed by atoms with van der Waals surface area (Å²) in [6.45, 7) is 1.62. The molecule has 2 aromatic carbocycles. The highest BCUT2D eigenvalue weighted by Crippen LogP contribution is 2.25. The molecule has 0 aliphatic heterocycles. The van der Waals surface area contributed by atoms with E-state index in [4.69, 9.17) is 16.3 Å². The standard InChI is InChI=1S/C15H15ClO3S/c1-2-20(17,18)15-5-3-4-14(10-15)19-13-8-6-12(11-16)7-9-13/h3-10H,2,11H2,1H3. The van der Waals surface area contributed by atoms with Gasteiger partial charge in [-0.15, -0.1) is 11.6 Å². The van der Waals surface area contributed by atoms with Crippen molar-refractivity contribution in [3.8, 4) is 11.5 Å². The van der Waals surface area contributed by atoms with Crippen LogP contribution in [0.4, 0.5) is 0 Å². The van der Waals surface area contributed by atoms with Crippen LogP contribution in [0.1, 0.15) is 12.5 Å². The van der Waals surface area contributed by atoms with Crippen LogP contribution in [0.25, 0.3) is 0 Å². The van der Waals surface area contributed by atoms with E-state index in [1.54, 1.807) is 37.3 Å². The van der Waals surface area contributed by atoms with Gasteiger partial charge in [0, 0.05) is 5.88 Å². The first-order valence-electron chi connectivity index (χ1n) is 6.21. The number of benzene rings is 2. The molecular weight excluding hydrogens is 296 g/mol. The van der Waals surface area contributed by atoms with E-state index in [0.29, 0.717) is 17.4 Å². The lowest BCUT2D eigenvalue weighted by molar-refractivity contribution is 0.480. The van der Waals surface area contributed by atoms with Crippen LogP contribution in [0.15, 0.2) is 53.4 Å². The molecule has 0 spiro atoms. The van der Waals surface area contributed by atoms with Crippen molar-refractivity contribution in [3.05, 3.63) is 54.1 Å². The van der Waals surface area contributed by atoms with Crippen LogP contribution in [0.2, 0.25) is 0 Å². The summed E-state index contributed by atoms with van der Waals surface area (Å²) in [6.07, 6.45) is 0. The summed E-state index contributed by atoms with van der Waals surface area (Å²) in [5.74, 6) is 1.66. The zero-order chi connectivity index (χ0) is 14.6. The van der Waals surface area contributed by atoms with Crippen molar-refractivity contribution in [2.45, 2.75) is 17.7 Å². The van der Waals surface area contributed by atoms with Crippen LogP contribution in [0, 0.1) is 0 Å². The third-order valence-corrected chi connectivity index (χ3v) is 4.90. The normalized spacial score (nSPS) is 11.3. The molecule has 0 aliphatic rings. The predicted molar refractivity (Wildman–Crippen MR) is 80.2 cm³/mol. The molecule has 0 heterocycles. The van der Waals surface area contributed by atoms with Crippen molar-refractivity contribution in [3.63, 3.8) is 0 Å². The van der Waals surface area contributed by atoms with Crippen molar-refractivity contribution in [2.75, 3.05) is 5.75 Å². The minimum atomic E-state index is -3.22. The zero-order valence-corrected chi connectivity index (χ0v) is 12.6. The third kappa shape index (κ3) is 3.52. The highest BCUT2D eigenvalue weighted by molar-refractivity contribution is 7.91. The minimum Gasteiger partial charge on any atom is -0.457 e. The van der Waals surface area contributed by atoms with Gasteiger partial charge in [0.1, 0.15) is 11.5 Å². The molecule has 0 saturated carbocycles. The summed E-state index contributed by atoms with van der Waals surface area (Å²) in [5, 5.41) is 0. The molecule has 0 unspecified atom stereocenters. The second-order valence-electron chi connectivity index (χ2n) is 4.26. The molecule has 0 N–H and O–H groups in total. The fraction of sp³-hybridized carbons (Fsp3) is 0.200. The van der Waals surface area contributed by atoms with E-state index in [1.807, 2.05) is 12.1 Å². The molecule has 0 bridgehead atoms. The summed E-state index contributed by atoms with van der Waals surface area (Å²) in [4.78, 5) is 0.273. The first kappa shape index (κ1) is 14.9. The van der Waals surface area contributed by atoms with Crippen LogP contribution in [0.5, 0.6) is 11.5 Å². The highest BCUT2D eigenvalue weighted by atomic mass is 35.5. The Balaban J connectivity index is 2.23. The Bertz CT molecular complexity index is 679. The van der Waals surface area contributed by atoms with Gasteiger partial charge in [0.25, 0.3) is 0 Å². The van der Waals surface area contributed by atoms with Crippen molar-refractivity contribution < 1.29 is 13.2 Å². The van der Waals surface area contributed by atoms with Gasteiger partial charge in [0.2, 0.25) is 0 Å². The van der Waals surface area contributed by atoms with E-state index >= 15 is 0 Å². The first-order chi connectivity index (χ1) is 9.55. The van der Waals surface area contributed by atoms with Gasteiger partial charge in [-0.3, -0.25) is 0 Å². The number of hydrogen-bond acceptors (Lipinski definition) is 3. The van der Waals surface area contributed by atoms with Gasteiger partial charge < -0.3 is 4.74 Å². The molecule has 0 fully saturated rings. The maximum Gasteiger partial charge on any atom is 0.178 e. The third-order valence-electron chi connectivity index (χ3n) is 2.86. The molecule has 20 heavy (non-hydrogen) atoms. The maximum atomic E-state index is 11.8. The molecule has 106 valence electrons. The monoisotopic (exact) mass is 310 g/mol. The van der Waals surface area contributed by atoms with Crippen LogP contribution in [-0.4, -0.2) is 14.2 Å². The van der Waals surface area contributed by atoms with E-state index < -0.39 is 9.84 Å². The first-order valence-corrected chi connectivity index (χ1v) is 8.39. The summed E-state index contributed by atoms with van der Waals surface area (Å²) < 4.78 is 29.3. The van der Waals surface area contributed by atoms with Gasteiger partial charge in [0.15, 0.2) is 9.84 Å². The Morgan fingerprint density at radius 2 is 1.75 bits per heavy atom. The molecule has 0 radical (unpaired) electrons. The quantitative estimate of drug-likeness (QED) is 0.784. The summed E-state index contributed by atoms with van der Waals surface area (Å²) in [7, 11) is -3.22. The van der Waals surface area contributed by atoms with Gasteiger partial charge in [0.05, 0.1) is 10.6 Å². The maximum absolute atomic E-state index is 11.8. The van der Waals surface area contributed by atoms with E-state index in [9.17, 15) is 8.42 Å². The van der Waals surface area contributed by atoms with Crippen molar-refractivity contribution >= 4 is 21.4 Å². The molecule has 2 rings (SSSR count). The molecule has 3 nitrogen and oxygen atoms in total. The lowest BCUT2D eigenvalue weighted by Crippen LogP contribution is -2.03. The van der Waals surface area contributed by atoms with Gasteiger partial charge >= 0.3 is 0 Å². The average molecular weight is 311 g/mol. The molecule has 0 aliphatic carbocycles. The van der Waals surface area contributed by atoms with E-state index in [1.165, 1.54) is 6.07 Å². The molecule has 0 atom stereocenters. The summed E-state index contributed by atoms with van der Waals surface area (Å²) >= 11 is 5.72. The van der Waals surface area contributed by atoms with Crippen LogP contribution in [-0.2, 0) is 15.7 Å². The van der Waals surface area contributed by atoms with E-state index in [2.05, 4.69) is 0 Å².